The molecule has 1 atom stereocenters. The molecule has 0 saturated heterocycles. The van der Waals surface area contributed by atoms with Crippen molar-refractivity contribution in [1.29, 1.82) is 0 Å². The highest BCUT2D eigenvalue weighted by Crippen LogP contribution is 2.35. The normalized spacial score (nSPS) is 15.1. The Morgan fingerprint density at radius 3 is 2.63 bits per heavy atom. The Morgan fingerprint density at radius 2 is 1.89 bits per heavy atom. The maximum Gasteiger partial charge on any atom is 0.258 e. The van der Waals surface area contributed by atoms with Crippen LogP contribution in [-0.4, -0.2) is 24.9 Å². The smallest absolute Gasteiger partial charge is 0.258 e. The van der Waals surface area contributed by atoms with Crippen LogP contribution in [0.2, 0.25) is 5.02 Å². The number of fused-ring (bicyclic) bond motifs is 1. The van der Waals surface area contributed by atoms with E-state index in [9.17, 15) is 9.59 Å². The maximum absolute atomic E-state index is 13.5. The molecule has 2 amide bonds. The van der Waals surface area contributed by atoms with E-state index in [1.165, 1.54) is 0 Å². The molecule has 0 aliphatic carbocycles. The Labute approximate surface area is 211 Å². The largest absolute Gasteiger partial charge is 0.326 e. The van der Waals surface area contributed by atoms with Crippen molar-refractivity contribution in [1.82, 2.24) is 5.32 Å². The van der Waals surface area contributed by atoms with Crippen molar-refractivity contribution in [3.63, 3.8) is 0 Å². The van der Waals surface area contributed by atoms with Crippen LogP contribution in [0.4, 0.5) is 11.4 Å². The molecule has 6 heteroatoms. The van der Waals surface area contributed by atoms with E-state index in [0.717, 1.165) is 35.2 Å². The second kappa shape index (κ2) is 11.3. The molecule has 180 valence electrons. The van der Waals surface area contributed by atoms with Crippen molar-refractivity contribution in [3.05, 3.63) is 107 Å². The molecule has 1 aliphatic heterocycles. The Hall–Kier alpha value is -3.41. The molecule has 2 N–H and O–H groups in total. The lowest BCUT2D eigenvalue weighted by molar-refractivity contribution is -0.115. The van der Waals surface area contributed by atoms with Crippen molar-refractivity contribution in [2.75, 3.05) is 23.3 Å². The number of halogens is 1. The van der Waals surface area contributed by atoms with Gasteiger partial charge in [-0.1, -0.05) is 41.9 Å². The van der Waals surface area contributed by atoms with Crippen LogP contribution < -0.4 is 15.5 Å². The van der Waals surface area contributed by atoms with Gasteiger partial charge in [0, 0.05) is 41.1 Å². The van der Waals surface area contributed by atoms with Gasteiger partial charge in [0.25, 0.3) is 5.91 Å². The Morgan fingerprint density at radius 1 is 1.11 bits per heavy atom. The van der Waals surface area contributed by atoms with E-state index < -0.39 is 0 Å². The van der Waals surface area contributed by atoms with Crippen LogP contribution in [0.25, 0.3) is 0 Å². The van der Waals surface area contributed by atoms with E-state index >= 15 is 0 Å². The van der Waals surface area contributed by atoms with Crippen LogP contribution >= 0.6 is 11.6 Å². The summed E-state index contributed by atoms with van der Waals surface area (Å²) in [4.78, 5) is 27.8. The molecule has 1 unspecified atom stereocenters. The van der Waals surface area contributed by atoms with Gasteiger partial charge in [-0.25, -0.2) is 0 Å². The lowest BCUT2D eigenvalue weighted by Crippen LogP contribution is -2.32. The van der Waals surface area contributed by atoms with Crippen LogP contribution in [0.3, 0.4) is 0 Å². The fourth-order valence-electron chi connectivity index (χ4n) is 4.47. The van der Waals surface area contributed by atoms with E-state index in [2.05, 4.69) is 17.2 Å². The predicted octanol–water partition coefficient (Wildman–Crippen LogP) is 6.09. The predicted molar refractivity (Wildman–Crippen MR) is 143 cm³/mol. The molecule has 0 bridgehead atoms. The van der Waals surface area contributed by atoms with Crippen LogP contribution in [0.1, 0.15) is 45.9 Å². The molecule has 0 aromatic heterocycles. The number of benzene rings is 3. The average Bonchev–Trinajstić information content (AvgIpc) is 3.03. The van der Waals surface area contributed by atoms with E-state index in [0.29, 0.717) is 35.8 Å². The summed E-state index contributed by atoms with van der Waals surface area (Å²) < 4.78 is 0. The molecular formula is C29H30ClN3O2. The van der Waals surface area contributed by atoms with Crippen molar-refractivity contribution >= 4 is 34.8 Å². The molecule has 35 heavy (non-hydrogen) atoms. The monoisotopic (exact) mass is 487 g/mol. The van der Waals surface area contributed by atoms with Crippen molar-refractivity contribution in [2.24, 2.45) is 0 Å². The van der Waals surface area contributed by atoms with E-state index in [4.69, 9.17) is 11.6 Å². The third kappa shape index (κ3) is 5.99. The Kier molecular flexibility index (Phi) is 8.01. The molecule has 0 radical (unpaired) electrons. The van der Waals surface area contributed by atoms with Gasteiger partial charge in [0.05, 0.1) is 6.42 Å². The van der Waals surface area contributed by atoms with Crippen LogP contribution in [0.5, 0.6) is 0 Å². The second-order valence-electron chi connectivity index (χ2n) is 8.78. The summed E-state index contributed by atoms with van der Waals surface area (Å²) in [6, 6.07) is 20.7. The number of anilines is 2. The molecule has 4 rings (SSSR count). The highest BCUT2D eigenvalue weighted by atomic mass is 35.5. The van der Waals surface area contributed by atoms with E-state index in [1.54, 1.807) is 24.3 Å². The first kappa shape index (κ1) is 24.7. The minimum atomic E-state index is -0.0882. The zero-order valence-corrected chi connectivity index (χ0v) is 20.6. The topological polar surface area (TPSA) is 61.4 Å². The number of carbonyl (C=O) groups excluding carboxylic acids is 2. The van der Waals surface area contributed by atoms with Crippen molar-refractivity contribution < 1.29 is 9.59 Å². The lowest BCUT2D eigenvalue weighted by atomic mass is 10.0. The number of carbonyl (C=O) groups is 2. The number of amides is 2. The van der Waals surface area contributed by atoms with Crippen molar-refractivity contribution in [3.8, 4) is 0 Å². The highest BCUT2D eigenvalue weighted by molar-refractivity contribution is 6.30. The summed E-state index contributed by atoms with van der Waals surface area (Å²) in [5.41, 5.74) is 5.21. The summed E-state index contributed by atoms with van der Waals surface area (Å²) in [6.07, 6.45) is 3.90. The second-order valence-corrected chi connectivity index (χ2v) is 9.22. The fraction of sp³-hybridized carbons (Fsp3) is 0.241. The summed E-state index contributed by atoms with van der Waals surface area (Å²) in [5.74, 6) is -0.162. The van der Waals surface area contributed by atoms with E-state index in [1.807, 2.05) is 60.4 Å². The van der Waals surface area contributed by atoms with Crippen molar-refractivity contribution in [2.45, 2.75) is 32.2 Å². The quantitative estimate of drug-likeness (QED) is 0.396. The maximum atomic E-state index is 13.5. The molecule has 1 aliphatic rings. The zero-order chi connectivity index (χ0) is 24.8. The van der Waals surface area contributed by atoms with Gasteiger partial charge in [0.1, 0.15) is 0 Å². The Bertz CT molecular complexity index is 1220. The van der Waals surface area contributed by atoms with Gasteiger partial charge in [-0.05, 0) is 78.9 Å². The first-order chi connectivity index (χ1) is 17.0. The number of aryl methyl sites for hydroxylation is 1. The molecule has 5 nitrogen and oxygen atoms in total. The van der Waals surface area contributed by atoms with Gasteiger partial charge < -0.3 is 15.5 Å². The first-order valence-corrected chi connectivity index (χ1v) is 12.2. The molecule has 3 aromatic carbocycles. The first-order valence-electron chi connectivity index (χ1n) is 11.9. The van der Waals surface area contributed by atoms with Gasteiger partial charge in [-0.3, -0.25) is 9.59 Å². The molecule has 0 fully saturated rings. The van der Waals surface area contributed by atoms with Crippen LogP contribution in [0, 0.1) is 6.92 Å². The third-order valence-electron chi connectivity index (χ3n) is 6.31. The SMILES string of the molecule is C=CCNC1CCCN(C(=O)c2ccc(NC(=O)Cc3ccccc3C)cc2)c2ccc(Cl)cc21. The summed E-state index contributed by atoms with van der Waals surface area (Å²) in [6.45, 7) is 7.09. The third-order valence-corrected chi connectivity index (χ3v) is 6.55. The van der Waals surface area contributed by atoms with Gasteiger partial charge in [0.2, 0.25) is 5.91 Å². The summed E-state index contributed by atoms with van der Waals surface area (Å²) in [7, 11) is 0. The number of hydrogen-bond donors (Lipinski definition) is 2. The molecule has 3 aromatic rings. The van der Waals surface area contributed by atoms with Gasteiger partial charge in [0.15, 0.2) is 0 Å². The molecular weight excluding hydrogens is 458 g/mol. The van der Waals surface area contributed by atoms with Gasteiger partial charge in [-0.2, -0.15) is 0 Å². The standard InChI is InChI=1S/C29H30ClN3O2/c1-3-16-31-26-9-6-17-33(27-15-12-23(30)19-25(26)27)29(35)21-10-13-24(14-11-21)32-28(34)18-22-8-5-4-7-20(22)2/h3-5,7-8,10-15,19,26,31H,1,6,9,16-18H2,2H3,(H,32,34). The molecule has 0 spiro atoms. The minimum Gasteiger partial charge on any atom is -0.326 e. The summed E-state index contributed by atoms with van der Waals surface area (Å²) >= 11 is 6.31. The fourth-order valence-corrected chi connectivity index (χ4v) is 4.65. The lowest BCUT2D eigenvalue weighted by Gasteiger charge is -2.25. The number of nitrogens with one attached hydrogen (secondary N) is 2. The summed E-state index contributed by atoms with van der Waals surface area (Å²) in [5, 5.41) is 7.06. The zero-order valence-electron chi connectivity index (χ0n) is 19.9. The molecule has 0 saturated carbocycles. The number of nitrogens with zero attached hydrogens (tertiary/aromatic N) is 1. The highest BCUT2D eigenvalue weighted by Gasteiger charge is 2.27. The van der Waals surface area contributed by atoms with Gasteiger partial charge >= 0.3 is 0 Å². The minimum absolute atomic E-state index is 0.0734. The van der Waals surface area contributed by atoms with Crippen LogP contribution in [-0.2, 0) is 11.2 Å². The average molecular weight is 488 g/mol. The Balaban J connectivity index is 1.49. The molecule has 1 heterocycles. The number of hydrogen-bond acceptors (Lipinski definition) is 3. The van der Waals surface area contributed by atoms with E-state index in [-0.39, 0.29) is 17.9 Å². The van der Waals surface area contributed by atoms with Crippen LogP contribution in [0.15, 0.2) is 79.4 Å². The number of rotatable bonds is 7. The van der Waals surface area contributed by atoms with Gasteiger partial charge in [-0.15, -0.1) is 6.58 Å².